The Morgan fingerprint density at radius 1 is 0.867 bits per heavy atom. The zero-order valence-electron chi connectivity index (χ0n) is 10.5. The van der Waals surface area contributed by atoms with Crippen molar-refractivity contribution >= 4 is 0 Å². The fourth-order valence-electron chi connectivity index (χ4n) is 1.40. The van der Waals surface area contributed by atoms with Gasteiger partial charge in [-0.05, 0) is 25.3 Å². The normalized spacial score (nSPS) is 10.3. The predicted octanol–water partition coefficient (Wildman–Crippen LogP) is 5.10. The lowest BCUT2D eigenvalue weighted by Crippen LogP contribution is -1.75. The van der Waals surface area contributed by atoms with Crippen LogP contribution >= 0.6 is 0 Å². The Morgan fingerprint density at radius 3 is 2.33 bits per heavy atom. The Balaban J connectivity index is 3.18. The zero-order chi connectivity index (χ0) is 11.2. The molecule has 0 aliphatic rings. The molecule has 0 spiro atoms. The van der Waals surface area contributed by atoms with Crippen molar-refractivity contribution in [2.24, 2.45) is 0 Å². The van der Waals surface area contributed by atoms with Crippen LogP contribution in [0.4, 0.5) is 0 Å². The van der Waals surface area contributed by atoms with Crippen LogP contribution in [-0.2, 0) is 0 Å². The van der Waals surface area contributed by atoms with Gasteiger partial charge in [0.1, 0.15) is 0 Å². The molecule has 0 aliphatic heterocycles. The molecule has 0 aromatic rings. The lowest BCUT2D eigenvalue weighted by molar-refractivity contribution is 0.637. The SMILES string of the molecule is CCCCC#C/C=C/CCCCCCC. The average Bonchev–Trinajstić information content (AvgIpc) is 2.26. The number of unbranched alkanes of at least 4 members (excludes halogenated alkanes) is 7. The lowest BCUT2D eigenvalue weighted by atomic mass is 10.1. The van der Waals surface area contributed by atoms with Crippen molar-refractivity contribution in [3.63, 3.8) is 0 Å². The van der Waals surface area contributed by atoms with Gasteiger partial charge in [0.15, 0.2) is 0 Å². The summed E-state index contributed by atoms with van der Waals surface area (Å²) in [6, 6.07) is 0. The first-order valence-corrected chi connectivity index (χ1v) is 6.55. The van der Waals surface area contributed by atoms with Crippen molar-refractivity contribution in [3.05, 3.63) is 12.2 Å². The summed E-state index contributed by atoms with van der Waals surface area (Å²) >= 11 is 0. The maximum Gasteiger partial charge on any atom is 0.00921 e. The summed E-state index contributed by atoms with van der Waals surface area (Å²) in [7, 11) is 0. The van der Waals surface area contributed by atoms with E-state index in [1.165, 1.54) is 51.4 Å². The Kier molecular flexibility index (Phi) is 12.7. The maximum atomic E-state index is 3.16. The maximum absolute atomic E-state index is 3.16. The van der Waals surface area contributed by atoms with Gasteiger partial charge < -0.3 is 0 Å². The first kappa shape index (κ1) is 14.3. The topological polar surface area (TPSA) is 0 Å². The van der Waals surface area contributed by atoms with Crippen LogP contribution in [0.25, 0.3) is 0 Å². The van der Waals surface area contributed by atoms with Crippen LogP contribution in [0.1, 0.15) is 71.6 Å². The molecule has 0 rings (SSSR count). The van der Waals surface area contributed by atoms with E-state index in [-0.39, 0.29) is 0 Å². The van der Waals surface area contributed by atoms with E-state index in [4.69, 9.17) is 0 Å². The number of hydrogen-bond donors (Lipinski definition) is 0. The molecule has 0 saturated heterocycles. The van der Waals surface area contributed by atoms with Crippen LogP contribution in [0.3, 0.4) is 0 Å². The molecule has 0 aromatic heterocycles. The van der Waals surface area contributed by atoms with Crippen molar-refractivity contribution in [2.45, 2.75) is 71.6 Å². The third kappa shape index (κ3) is 13.3. The summed E-state index contributed by atoms with van der Waals surface area (Å²) < 4.78 is 0. The first-order chi connectivity index (χ1) is 7.41. The molecule has 0 radical (unpaired) electrons. The van der Waals surface area contributed by atoms with Crippen molar-refractivity contribution < 1.29 is 0 Å². The van der Waals surface area contributed by atoms with Crippen molar-refractivity contribution in [2.75, 3.05) is 0 Å². The van der Waals surface area contributed by atoms with Gasteiger partial charge in [0.2, 0.25) is 0 Å². The second-order valence-electron chi connectivity index (χ2n) is 4.03. The van der Waals surface area contributed by atoms with E-state index in [1.807, 2.05) is 6.08 Å². The molecule has 0 heteroatoms. The Bertz CT molecular complexity index is 190. The van der Waals surface area contributed by atoms with E-state index in [0.29, 0.717) is 0 Å². The molecule has 15 heavy (non-hydrogen) atoms. The smallest absolute Gasteiger partial charge is 0.00921 e. The summed E-state index contributed by atoms with van der Waals surface area (Å²) in [6.45, 7) is 4.46. The van der Waals surface area contributed by atoms with Gasteiger partial charge in [-0.3, -0.25) is 0 Å². The van der Waals surface area contributed by atoms with Gasteiger partial charge in [-0.2, -0.15) is 0 Å². The molecule has 0 atom stereocenters. The molecule has 0 heterocycles. The highest BCUT2D eigenvalue weighted by atomic mass is 13.9. The summed E-state index contributed by atoms with van der Waals surface area (Å²) in [5.41, 5.74) is 0. The van der Waals surface area contributed by atoms with E-state index in [2.05, 4.69) is 31.8 Å². The molecule has 0 aliphatic carbocycles. The summed E-state index contributed by atoms with van der Waals surface area (Å²) in [5, 5.41) is 0. The minimum atomic E-state index is 1.05. The van der Waals surface area contributed by atoms with Crippen molar-refractivity contribution in [1.82, 2.24) is 0 Å². The molecular weight excluding hydrogens is 180 g/mol. The number of hydrogen-bond acceptors (Lipinski definition) is 0. The van der Waals surface area contributed by atoms with Crippen LogP contribution < -0.4 is 0 Å². The Labute approximate surface area is 96.2 Å². The second kappa shape index (κ2) is 13.3. The van der Waals surface area contributed by atoms with E-state index in [0.717, 1.165) is 6.42 Å². The summed E-state index contributed by atoms with van der Waals surface area (Å²) in [6.07, 6.45) is 15.8. The fraction of sp³-hybridized carbons (Fsp3) is 0.733. The quantitative estimate of drug-likeness (QED) is 0.383. The van der Waals surface area contributed by atoms with Gasteiger partial charge in [0.05, 0.1) is 0 Å². The van der Waals surface area contributed by atoms with Crippen LogP contribution in [0.15, 0.2) is 12.2 Å². The third-order valence-corrected chi connectivity index (χ3v) is 2.43. The second-order valence-corrected chi connectivity index (χ2v) is 4.03. The van der Waals surface area contributed by atoms with Gasteiger partial charge in [-0.1, -0.05) is 63.9 Å². The van der Waals surface area contributed by atoms with Crippen molar-refractivity contribution in [3.8, 4) is 11.8 Å². The molecule has 0 amide bonds. The van der Waals surface area contributed by atoms with Crippen LogP contribution in [0.5, 0.6) is 0 Å². The average molecular weight is 206 g/mol. The molecule has 0 saturated carbocycles. The van der Waals surface area contributed by atoms with Gasteiger partial charge in [-0.25, -0.2) is 0 Å². The summed E-state index contributed by atoms with van der Waals surface area (Å²) in [4.78, 5) is 0. The molecule has 86 valence electrons. The highest BCUT2D eigenvalue weighted by Crippen LogP contribution is 2.04. The highest BCUT2D eigenvalue weighted by Gasteiger charge is 1.85. The zero-order valence-corrected chi connectivity index (χ0v) is 10.5. The highest BCUT2D eigenvalue weighted by molar-refractivity contribution is 5.14. The molecule has 0 bridgehead atoms. The molecular formula is C15H26. The number of rotatable bonds is 8. The first-order valence-electron chi connectivity index (χ1n) is 6.55. The number of allylic oxidation sites excluding steroid dienone is 2. The molecule has 0 aromatic carbocycles. The van der Waals surface area contributed by atoms with E-state index in [9.17, 15) is 0 Å². The van der Waals surface area contributed by atoms with Gasteiger partial charge >= 0.3 is 0 Å². The monoisotopic (exact) mass is 206 g/mol. The molecule has 0 nitrogen and oxygen atoms in total. The third-order valence-electron chi connectivity index (χ3n) is 2.43. The van der Waals surface area contributed by atoms with Gasteiger partial charge in [0, 0.05) is 6.42 Å². The van der Waals surface area contributed by atoms with Gasteiger partial charge in [0.25, 0.3) is 0 Å². The Hall–Kier alpha value is -0.700. The van der Waals surface area contributed by atoms with Crippen molar-refractivity contribution in [1.29, 1.82) is 0 Å². The largest absolute Gasteiger partial charge is 0.0985 e. The van der Waals surface area contributed by atoms with E-state index in [1.54, 1.807) is 0 Å². The molecule has 0 fully saturated rings. The minimum absolute atomic E-state index is 1.05. The van der Waals surface area contributed by atoms with Crippen LogP contribution in [-0.4, -0.2) is 0 Å². The van der Waals surface area contributed by atoms with Crippen LogP contribution in [0, 0.1) is 11.8 Å². The Morgan fingerprint density at radius 2 is 1.60 bits per heavy atom. The van der Waals surface area contributed by atoms with Gasteiger partial charge in [-0.15, -0.1) is 0 Å². The van der Waals surface area contributed by atoms with Crippen LogP contribution in [0.2, 0.25) is 0 Å². The lowest BCUT2D eigenvalue weighted by Gasteiger charge is -1.95. The standard InChI is InChI=1S/C15H26/c1-3-5-7-9-11-13-15-14-12-10-8-6-4-2/h14-15H,3-9,11,13H2,1-2H3/b15-14+. The molecule has 0 N–H and O–H groups in total. The minimum Gasteiger partial charge on any atom is -0.0985 e. The fourth-order valence-corrected chi connectivity index (χ4v) is 1.40. The summed E-state index contributed by atoms with van der Waals surface area (Å²) in [5.74, 6) is 6.25. The molecule has 0 unspecified atom stereocenters. The van der Waals surface area contributed by atoms with E-state index >= 15 is 0 Å². The predicted molar refractivity (Wildman–Crippen MR) is 69.8 cm³/mol. The van der Waals surface area contributed by atoms with E-state index < -0.39 is 0 Å².